The zero-order valence-corrected chi connectivity index (χ0v) is 16.2. The van der Waals surface area contributed by atoms with Gasteiger partial charge in [0.05, 0.1) is 17.9 Å². The summed E-state index contributed by atoms with van der Waals surface area (Å²) < 4.78 is 10.7. The van der Waals surface area contributed by atoms with Crippen LogP contribution in [0.25, 0.3) is 0 Å². The van der Waals surface area contributed by atoms with Crippen LogP contribution in [-0.2, 0) is 11.3 Å². The largest absolute Gasteiger partial charge is 0.454 e. The summed E-state index contributed by atoms with van der Waals surface area (Å²) in [6, 6.07) is 23.7. The number of para-hydroxylation sites is 3. The number of hydrogen-bond acceptors (Lipinski definition) is 5. The average Bonchev–Trinajstić information content (AvgIpc) is 3.24. The van der Waals surface area contributed by atoms with Crippen LogP contribution in [0.4, 0.5) is 17.1 Å². The molecule has 1 aliphatic heterocycles. The number of benzene rings is 3. The second-order valence-corrected chi connectivity index (χ2v) is 6.73. The fraction of sp³-hybridized carbons (Fsp3) is 0.174. The van der Waals surface area contributed by atoms with Crippen LogP contribution in [0.3, 0.4) is 0 Å². The Morgan fingerprint density at radius 3 is 2.59 bits per heavy atom. The molecule has 0 saturated carbocycles. The van der Waals surface area contributed by atoms with Crippen molar-refractivity contribution in [3.63, 3.8) is 0 Å². The van der Waals surface area contributed by atoms with Gasteiger partial charge in [0.2, 0.25) is 12.7 Å². The summed E-state index contributed by atoms with van der Waals surface area (Å²) in [5.74, 6) is 1.37. The maximum absolute atomic E-state index is 12.3. The predicted molar refractivity (Wildman–Crippen MR) is 114 cm³/mol. The molecule has 3 aromatic rings. The minimum Gasteiger partial charge on any atom is -0.454 e. The van der Waals surface area contributed by atoms with E-state index in [4.69, 9.17) is 9.47 Å². The Bertz CT molecular complexity index is 992. The van der Waals surface area contributed by atoms with Gasteiger partial charge in [-0.3, -0.25) is 4.79 Å². The van der Waals surface area contributed by atoms with Gasteiger partial charge in [0.15, 0.2) is 11.5 Å². The second-order valence-electron chi connectivity index (χ2n) is 6.73. The van der Waals surface area contributed by atoms with Crippen molar-refractivity contribution in [2.45, 2.75) is 6.54 Å². The zero-order valence-electron chi connectivity index (χ0n) is 16.2. The third-order valence-electron chi connectivity index (χ3n) is 4.77. The summed E-state index contributed by atoms with van der Waals surface area (Å²) in [4.78, 5) is 14.4. The Kier molecular flexibility index (Phi) is 5.52. The fourth-order valence-electron chi connectivity index (χ4n) is 3.20. The van der Waals surface area contributed by atoms with Crippen LogP contribution in [0.5, 0.6) is 11.5 Å². The molecule has 0 saturated heterocycles. The van der Waals surface area contributed by atoms with E-state index in [2.05, 4.69) is 27.7 Å². The molecule has 1 amide bonds. The van der Waals surface area contributed by atoms with Crippen LogP contribution in [0, 0.1) is 0 Å². The Balaban J connectivity index is 1.35. The first kappa shape index (κ1) is 18.7. The molecule has 148 valence electrons. The Morgan fingerprint density at radius 1 is 0.966 bits per heavy atom. The van der Waals surface area contributed by atoms with Gasteiger partial charge in [-0.1, -0.05) is 36.4 Å². The lowest BCUT2D eigenvalue weighted by atomic mass is 10.2. The number of carbonyl (C=O) groups excluding carboxylic acids is 1. The number of anilines is 3. The molecule has 0 radical (unpaired) electrons. The molecule has 0 aromatic heterocycles. The molecule has 0 aliphatic carbocycles. The van der Waals surface area contributed by atoms with E-state index >= 15 is 0 Å². The molecule has 0 fully saturated rings. The highest BCUT2D eigenvalue weighted by atomic mass is 16.7. The van der Waals surface area contributed by atoms with Crippen LogP contribution < -0.4 is 25.0 Å². The number of nitrogens with zero attached hydrogens (tertiary/aromatic N) is 1. The molecule has 1 heterocycles. The minimum absolute atomic E-state index is 0.0835. The monoisotopic (exact) mass is 389 g/mol. The SMILES string of the molecule is CN(c1ccccc1)c1ccccc1NCC(=O)NCc1ccc2c(c1)OCO2. The van der Waals surface area contributed by atoms with Gasteiger partial charge < -0.3 is 25.0 Å². The van der Waals surface area contributed by atoms with Crippen molar-refractivity contribution in [1.82, 2.24) is 5.32 Å². The molecule has 0 atom stereocenters. The molecule has 2 N–H and O–H groups in total. The summed E-state index contributed by atoms with van der Waals surface area (Å²) in [5, 5.41) is 6.17. The number of fused-ring (bicyclic) bond motifs is 1. The third kappa shape index (κ3) is 4.43. The van der Waals surface area contributed by atoms with Crippen molar-refractivity contribution >= 4 is 23.0 Å². The van der Waals surface area contributed by atoms with E-state index in [-0.39, 0.29) is 19.2 Å². The number of carbonyl (C=O) groups is 1. The molecular formula is C23H23N3O3. The summed E-state index contributed by atoms with van der Waals surface area (Å²) in [6.07, 6.45) is 0. The lowest BCUT2D eigenvalue weighted by Crippen LogP contribution is -2.29. The molecule has 6 nitrogen and oxygen atoms in total. The number of hydrogen-bond donors (Lipinski definition) is 2. The van der Waals surface area contributed by atoms with Crippen molar-refractivity contribution in [3.8, 4) is 11.5 Å². The number of rotatable bonds is 7. The van der Waals surface area contributed by atoms with Crippen LogP contribution in [0.1, 0.15) is 5.56 Å². The minimum atomic E-state index is -0.0835. The topological polar surface area (TPSA) is 62.8 Å². The van der Waals surface area contributed by atoms with Gasteiger partial charge in [0.1, 0.15) is 0 Å². The highest BCUT2D eigenvalue weighted by molar-refractivity contribution is 5.83. The molecule has 6 heteroatoms. The van der Waals surface area contributed by atoms with Gasteiger partial charge in [-0.2, -0.15) is 0 Å². The van der Waals surface area contributed by atoms with E-state index in [0.717, 1.165) is 28.4 Å². The molecular weight excluding hydrogens is 366 g/mol. The third-order valence-corrected chi connectivity index (χ3v) is 4.77. The van der Waals surface area contributed by atoms with Crippen molar-refractivity contribution in [2.24, 2.45) is 0 Å². The van der Waals surface area contributed by atoms with Gasteiger partial charge in [0.25, 0.3) is 0 Å². The molecule has 29 heavy (non-hydrogen) atoms. The van der Waals surface area contributed by atoms with Gasteiger partial charge in [0, 0.05) is 19.3 Å². The smallest absolute Gasteiger partial charge is 0.239 e. The molecule has 0 unspecified atom stereocenters. The van der Waals surface area contributed by atoms with Gasteiger partial charge in [-0.25, -0.2) is 0 Å². The van der Waals surface area contributed by atoms with E-state index in [1.807, 2.05) is 67.7 Å². The summed E-state index contributed by atoms with van der Waals surface area (Å²) in [6.45, 7) is 0.860. The van der Waals surface area contributed by atoms with E-state index in [1.165, 1.54) is 0 Å². The van der Waals surface area contributed by atoms with Crippen molar-refractivity contribution in [2.75, 3.05) is 30.6 Å². The molecule has 1 aliphatic rings. The first-order valence-electron chi connectivity index (χ1n) is 9.47. The highest BCUT2D eigenvalue weighted by Crippen LogP contribution is 2.32. The van der Waals surface area contributed by atoms with Gasteiger partial charge in [-0.05, 0) is 42.0 Å². The van der Waals surface area contributed by atoms with Crippen LogP contribution >= 0.6 is 0 Å². The highest BCUT2D eigenvalue weighted by Gasteiger charge is 2.14. The van der Waals surface area contributed by atoms with Crippen molar-refractivity contribution < 1.29 is 14.3 Å². The van der Waals surface area contributed by atoms with Crippen LogP contribution in [-0.4, -0.2) is 26.3 Å². The lowest BCUT2D eigenvalue weighted by Gasteiger charge is -2.23. The number of nitrogens with one attached hydrogen (secondary N) is 2. The van der Waals surface area contributed by atoms with E-state index in [0.29, 0.717) is 12.3 Å². The van der Waals surface area contributed by atoms with Gasteiger partial charge in [-0.15, -0.1) is 0 Å². The van der Waals surface area contributed by atoms with Gasteiger partial charge >= 0.3 is 0 Å². The summed E-state index contributed by atoms with van der Waals surface area (Å²) in [7, 11) is 2.01. The first-order valence-corrected chi connectivity index (χ1v) is 9.47. The Morgan fingerprint density at radius 2 is 1.72 bits per heavy atom. The predicted octanol–water partition coefficient (Wildman–Crippen LogP) is 3.91. The van der Waals surface area contributed by atoms with Crippen molar-refractivity contribution in [3.05, 3.63) is 78.4 Å². The quantitative estimate of drug-likeness (QED) is 0.642. The maximum atomic E-state index is 12.3. The molecule has 0 spiro atoms. The fourth-order valence-corrected chi connectivity index (χ4v) is 3.20. The molecule has 3 aromatic carbocycles. The number of amides is 1. The van der Waals surface area contributed by atoms with E-state index in [1.54, 1.807) is 0 Å². The maximum Gasteiger partial charge on any atom is 0.239 e. The summed E-state index contributed by atoms with van der Waals surface area (Å²) in [5.41, 5.74) is 3.94. The second kappa shape index (κ2) is 8.56. The average molecular weight is 389 g/mol. The Hall–Kier alpha value is -3.67. The number of ether oxygens (including phenoxy) is 2. The zero-order chi connectivity index (χ0) is 20.1. The molecule has 0 bridgehead atoms. The normalized spacial score (nSPS) is 11.8. The standard InChI is InChI=1S/C23H23N3O3/c1-26(18-7-3-2-4-8-18)20-10-6-5-9-19(20)24-15-23(27)25-14-17-11-12-21-22(13-17)29-16-28-21/h2-13,24H,14-16H2,1H3,(H,25,27). The lowest BCUT2D eigenvalue weighted by molar-refractivity contribution is -0.119. The van der Waals surface area contributed by atoms with E-state index in [9.17, 15) is 4.79 Å². The van der Waals surface area contributed by atoms with Crippen LogP contribution in [0.2, 0.25) is 0 Å². The molecule has 4 rings (SSSR count). The Labute approximate surface area is 170 Å². The van der Waals surface area contributed by atoms with E-state index < -0.39 is 0 Å². The van der Waals surface area contributed by atoms with Crippen molar-refractivity contribution in [1.29, 1.82) is 0 Å². The van der Waals surface area contributed by atoms with Crippen LogP contribution in [0.15, 0.2) is 72.8 Å². The summed E-state index contributed by atoms with van der Waals surface area (Å²) >= 11 is 0. The first-order chi connectivity index (χ1) is 14.2.